The van der Waals surface area contributed by atoms with E-state index in [1.54, 1.807) is 17.8 Å². The maximum atomic E-state index is 12.3. The van der Waals surface area contributed by atoms with Crippen molar-refractivity contribution in [1.29, 1.82) is 0 Å². The van der Waals surface area contributed by atoms with Gasteiger partial charge in [-0.1, -0.05) is 36.1 Å². The number of nitrogens with one attached hydrogen (secondary N) is 1. The molecule has 0 bridgehead atoms. The van der Waals surface area contributed by atoms with Gasteiger partial charge in [0.2, 0.25) is 15.2 Å². The third-order valence-electron chi connectivity index (χ3n) is 2.93. The summed E-state index contributed by atoms with van der Waals surface area (Å²) in [6.07, 6.45) is 1.03. The minimum absolute atomic E-state index is 0.0663. The Morgan fingerprint density at radius 1 is 1.33 bits per heavy atom. The highest BCUT2D eigenvalue weighted by atomic mass is 32.2. The number of amides is 1. The van der Waals surface area contributed by atoms with E-state index in [0.29, 0.717) is 5.13 Å². The first-order chi connectivity index (χ1) is 11.3. The number of aromatic nitrogens is 2. The van der Waals surface area contributed by atoms with Crippen LogP contribution in [0.4, 0.5) is 5.13 Å². The second-order valence-electron chi connectivity index (χ2n) is 4.99. The van der Waals surface area contributed by atoms with Crippen molar-refractivity contribution in [2.75, 3.05) is 25.2 Å². The number of hydrogen-bond acceptors (Lipinski definition) is 7. The van der Waals surface area contributed by atoms with Crippen LogP contribution in [0.15, 0.2) is 33.5 Å². The van der Waals surface area contributed by atoms with E-state index in [0.717, 1.165) is 20.8 Å². The van der Waals surface area contributed by atoms with Gasteiger partial charge in [-0.05, 0) is 24.6 Å². The topological polar surface area (TPSA) is 92.3 Å². The van der Waals surface area contributed by atoms with Crippen LogP contribution < -0.4 is 5.32 Å². The molecule has 2 aromatic rings. The Morgan fingerprint density at radius 2 is 2.08 bits per heavy atom. The van der Waals surface area contributed by atoms with Crippen LogP contribution in [0.25, 0.3) is 0 Å². The van der Waals surface area contributed by atoms with Crippen LogP contribution in [0, 0.1) is 0 Å². The highest BCUT2D eigenvalue weighted by Crippen LogP contribution is 2.26. The average molecular weight is 387 g/mol. The van der Waals surface area contributed by atoms with Gasteiger partial charge in [0.25, 0.3) is 5.91 Å². The lowest BCUT2D eigenvalue weighted by Crippen LogP contribution is -2.22. The molecule has 0 unspecified atom stereocenters. The highest BCUT2D eigenvalue weighted by Gasteiger charge is 2.19. The molecule has 0 fully saturated rings. The fourth-order valence-corrected chi connectivity index (χ4v) is 4.31. The first-order valence-corrected chi connectivity index (χ1v) is 10.4. The van der Waals surface area contributed by atoms with Crippen LogP contribution >= 0.6 is 23.1 Å². The average Bonchev–Trinajstić information content (AvgIpc) is 3.00. The fourth-order valence-electron chi connectivity index (χ4n) is 1.69. The minimum atomic E-state index is -3.59. The molecule has 1 aromatic heterocycles. The number of carbonyl (C=O) groups is 1. The number of rotatable bonds is 7. The predicted octanol–water partition coefficient (Wildman–Crippen LogP) is 2.54. The lowest BCUT2D eigenvalue weighted by atomic mass is 10.2. The van der Waals surface area contributed by atoms with Gasteiger partial charge in [-0.25, -0.2) is 12.7 Å². The van der Waals surface area contributed by atoms with E-state index in [2.05, 4.69) is 22.4 Å². The van der Waals surface area contributed by atoms with Gasteiger partial charge in [0, 0.05) is 25.4 Å². The fraction of sp³-hybridized carbons (Fsp3) is 0.357. The van der Waals surface area contributed by atoms with Crippen molar-refractivity contribution in [2.45, 2.75) is 22.6 Å². The van der Waals surface area contributed by atoms with Crippen LogP contribution in [-0.2, 0) is 10.0 Å². The molecule has 1 N–H and O–H groups in total. The molecule has 0 saturated heterocycles. The molecule has 0 aliphatic carbocycles. The first kappa shape index (κ1) is 18.8. The molecule has 0 saturated carbocycles. The number of benzene rings is 1. The Hall–Kier alpha value is -1.49. The van der Waals surface area contributed by atoms with Gasteiger partial charge in [0.1, 0.15) is 0 Å². The molecule has 0 radical (unpaired) electrons. The predicted molar refractivity (Wildman–Crippen MR) is 96.2 cm³/mol. The van der Waals surface area contributed by atoms with Crippen molar-refractivity contribution in [3.8, 4) is 0 Å². The number of sulfonamides is 1. The van der Waals surface area contributed by atoms with Crippen molar-refractivity contribution < 1.29 is 13.2 Å². The molecule has 0 aliphatic heterocycles. The van der Waals surface area contributed by atoms with Crippen molar-refractivity contribution in [2.24, 2.45) is 0 Å². The molecule has 1 heterocycles. The zero-order valence-electron chi connectivity index (χ0n) is 13.5. The van der Waals surface area contributed by atoms with E-state index in [4.69, 9.17) is 0 Å². The normalized spacial score (nSPS) is 11.7. The molecule has 130 valence electrons. The third kappa shape index (κ3) is 4.53. The summed E-state index contributed by atoms with van der Waals surface area (Å²) in [4.78, 5) is 12.4. The van der Waals surface area contributed by atoms with Crippen LogP contribution in [-0.4, -0.2) is 48.7 Å². The van der Waals surface area contributed by atoms with E-state index in [-0.39, 0.29) is 10.5 Å². The quantitative estimate of drug-likeness (QED) is 0.581. The van der Waals surface area contributed by atoms with Gasteiger partial charge in [-0.15, -0.1) is 10.2 Å². The van der Waals surface area contributed by atoms with Gasteiger partial charge in [-0.3, -0.25) is 10.1 Å². The summed E-state index contributed by atoms with van der Waals surface area (Å²) in [5.74, 6) is 0.515. The molecule has 0 aliphatic rings. The molecule has 0 spiro atoms. The summed E-state index contributed by atoms with van der Waals surface area (Å²) in [5, 5.41) is 11.0. The number of thioether (sulfide) groups is 1. The molecule has 10 heteroatoms. The van der Waals surface area contributed by atoms with E-state index >= 15 is 0 Å². The first-order valence-electron chi connectivity index (χ1n) is 7.15. The van der Waals surface area contributed by atoms with Crippen LogP contribution in [0.2, 0.25) is 0 Å². The van der Waals surface area contributed by atoms with Crippen molar-refractivity contribution in [3.05, 3.63) is 29.8 Å². The molecule has 1 amide bonds. The summed E-state index contributed by atoms with van der Waals surface area (Å²) in [6, 6.07) is 5.89. The Kier molecular flexibility index (Phi) is 6.33. The lowest BCUT2D eigenvalue weighted by Gasteiger charge is -2.12. The molecule has 7 nitrogen and oxygen atoms in total. The van der Waals surface area contributed by atoms with E-state index in [9.17, 15) is 13.2 Å². The number of hydrogen-bond donors (Lipinski definition) is 1. The summed E-state index contributed by atoms with van der Waals surface area (Å²) < 4.78 is 26.2. The van der Waals surface area contributed by atoms with Gasteiger partial charge >= 0.3 is 0 Å². The van der Waals surface area contributed by atoms with Crippen LogP contribution in [0.5, 0.6) is 0 Å². The number of nitrogens with zero attached hydrogens (tertiary/aromatic N) is 3. The van der Waals surface area contributed by atoms with Crippen LogP contribution in [0.3, 0.4) is 0 Å². The second-order valence-corrected chi connectivity index (χ2v) is 9.46. The zero-order valence-corrected chi connectivity index (χ0v) is 16.0. The molecule has 0 atom stereocenters. The van der Waals surface area contributed by atoms with Gasteiger partial charge in [0.15, 0.2) is 4.34 Å². The van der Waals surface area contributed by atoms with E-state index < -0.39 is 15.9 Å². The smallest absolute Gasteiger partial charge is 0.257 e. The second kappa shape index (κ2) is 8.06. The van der Waals surface area contributed by atoms with E-state index in [1.165, 1.54) is 43.6 Å². The Balaban J connectivity index is 2.14. The van der Waals surface area contributed by atoms with Crippen molar-refractivity contribution in [1.82, 2.24) is 14.5 Å². The monoisotopic (exact) mass is 386 g/mol. The van der Waals surface area contributed by atoms with E-state index in [1.807, 2.05) is 0 Å². The summed E-state index contributed by atoms with van der Waals surface area (Å²) in [6.45, 7) is 2.07. The largest absolute Gasteiger partial charge is 0.296 e. The summed E-state index contributed by atoms with van der Waals surface area (Å²) >= 11 is 2.87. The van der Waals surface area contributed by atoms with Crippen LogP contribution in [0.1, 0.15) is 23.7 Å². The molecule has 24 heavy (non-hydrogen) atoms. The Labute approximate surface area is 149 Å². The SMILES string of the molecule is CCCSc1nnc(NC(=O)c2cccc(S(=O)(=O)N(C)C)c2)s1. The summed E-state index contributed by atoms with van der Waals surface area (Å²) in [7, 11) is -0.701. The maximum absolute atomic E-state index is 12.3. The summed E-state index contributed by atoms with van der Waals surface area (Å²) in [5.41, 5.74) is 0.246. The molecular weight excluding hydrogens is 368 g/mol. The number of carbonyl (C=O) groups excluding carboxylic acids is 1. The maximum Gasteiger partial charge on any atom is 0.257 e. The van der Waals surface area contributed by atoms with Gasteiger partial charge < -0.3 is 0 Å². The third-order valence-corrected chi connectivity index (χ3v) is 6.92. The highest BCUT2D eigenvalue weighted by molar-refractivity contribution is 8.01. The molecule has 2 rings (SSSR count). The Morgan fingerprint density at radius 3 is 2.75 bits per heavy atom. The standard InChI is InChI=1S/C14H18N4O3S3/c1-4-8-22-14-17-16-13(23-14)15-12(19)10-6-5-7-11(9-10)24(20,21)18(2)3/h5-7,9H,4,8H2,1-3H3,(H,15,16,19). The van der Waals surface area contributed by atoms with Gasteiger partial charge in [-0.2, -0.15) is 0 Å². The lowest BCUT2D eigenvalue weighted by molar-refractivity contribution is 0.102. The van der Waals surface area contributed by atoms with Gasteiger partial charge in [0.05, 0.1) is 4.90 Å². The number of anilines is 1. The van der Waals surface area contributed by atoms with Crippen molar-refractivity contribution >= 4 is 44.2 Å². The molecular formula is C14H18N4O3S3. The van der Waals surface area contributed by atoms with Crippen molar-refractivity contribution in [3.63, 3.8) is 0 Å². The minimum Gasteiger partial charge on any atom is -0.296 e. The zero-order chi connectivity index (χ0) is 17.7. The Bertz CT molecular complexity index is 818. The molecule has 1 aromatic carbocycles.